The third-order valence-corrected chi connectivity index (χ3v) is 7.24. The van der Waals surface area contributed by atoms with Crippen molar-refractivity contribution in [2.75, 3.05) is 18.5 Å². The van der Waals surface area contributed by atoms with Crippen LogP contribution in [0.25, 0.3) is 10.2 Å². The normalized spacial score (nSPS) is 13.6. The van der Waals surface area contributed by atoms with E-state index in [-0.39, 0.29) is 17.8 Å². The number of thiophene rings is 1. The van der Waals surface area contributed by atoms with Gasteiger partial charge in [0.2, 0.25) is 0 Å². The molecule has 1 aliphatic rings. The van der Waals surface area contributed by atoms with E-state index >= 15 is 0 Å². The molecular formula is C28H25FN4O2S. The van der Waals surface area contributed by atoms with Gasteiger partial charge >= 0.3 is 0 Å². The lowest BCUT2D eigenvalue weighted by Crippen LogP contribution is -2.34. The van der Waals surface area contributed by atoms with Gasteiger partial charge in [-0.2, -0.15) is 0 Å². The lowest BCUT2D eigenvalue weighted by Gasteiger charge is -2.25. The van der Waals surface area contributed by atoms with E-state index < -0.39 is 0 Å². The van der Waals surface area contributed by atoms with Crippen LogP contribution in [0, 0.1) is 17.7 Å². The van der Waals surface area contributed by atoms with Crippen LogP contribution in [0.15, 0.2) is 60.9 Å². The first-order chi connectivity index (χ1) is 17.6. The summed E-state index contributed by atoms with van der Waals surface area (Å²) in [5.74, 6) is 5.65. The van der Waals surface area contributed by atoms with E-state index in [1.807, 2.05) is 36.4 Å². The quantitative estimate of drug-likeness (QED) is 0.357. The minimum atomic E-state index is -0.276. The summed E-state index contributed by atoms with van der Waals surface area (Å²) in [6.07, 6.45) is 2.29. The Morgan fingerprint density at radius 3 is 2.89 bits per heavy atom. The van der Waals surface area contributed by atoms with Crippen LogP contribution >= 0.6 is 11.3 Å². The summed E-state index contributed by atoms with van der Waals surface area (Å²) >= 11 is 1.59. The Hall–Kier alpha value is -3.80. The number of fused-ring (bicyclic) bond motifs is 3. The summed E-state index contributed by atoms with van der Waals surface area (Å²) in [5, 5.41) is 4.58. The average molecular weight is 501 g/mol. The van der Waals surface area contributed by atoms with Crippen molar-refractivity contribution in [3.05, 3.63) is 88.3 Å². The van der Waals surface area contributed by atoms with Gasteiger partial charge < -0.3 is 15.0 Å². The number of halogens is 1. The van der Waals surface area contributed by atoms with E-state index in [9.17, 15) is 9.18 Å². The first-order valence-corrected chi connectivity index (χ1v) is 12.5. The van der Waals surface area contributed by atoms with Crippen LogP contribution in [0.3, 0.4) is 0 Å². The number of hydrogen-bond donors (Lipinski definition) is 1. The molecule has 8 heteroatoms. The maximum Gasteiger partial charge on any atom is 0.298 e. The number of aromatic nitrogens is 2. The Morgan fingerprint density at radius 1 is 1.22 bits per heavy atom. The zero-order chi connectivity index (χ0) is 24.9. The zero-order valence-electron chi connectivity index (χ0n) is 19.8. The minimum Gasteiger partial charge on any atom is -0.374 e. The highest BCUT2D eigenvalue weighted by Crippen LogP contribution is 2.38. The molecule has 0 saturated carbocycles. The van der Waals surface area contributed by atoms with Crippen molar-refractivity contribution in [1.29, 1.82) is 0 Å². The Kier molecular flexibility index (Phi) is 7.21. The summed E-state index contributed by atoms with van der Waals surface area (Å²) in [6.45, 7) is 3.49. The molecule has 0 saturated heterocycles. The third-order valence-electron chi connectivity index (χ3n) is 6.11. The van der Waals surface area contributed by atoms with Gasteiger partial charge in [0.05, 0.1) is 31.2 Å². The monoisotopic (exact) mass is 500 g/mol. The molecule has 5 rings (SSSR count). The largest absolute Gasteiger partial charge is 0.374 e. The number of rotatable bonds is 7. The predicted molar refractivity (Wildman–Crippen MR) is 139 cm³/mol. The second kappa shape index (κ2) is 10.9. The average Bonchev–Trinajstić information content (AvgIpc) is 3.27. The Bertz CT molecular complexity index is 1440. The fourth-order valence-corrected chi connectivity index (χ4v) is 5.59. The number of carbonyl (C=O) groups is 1. The van der Waals surface area contributed by atoms with Crippen molar-refractivity contribution in [2.45, 2.75) is 32.5 Å². The Labute approximate surface area is 213 Å². The van der Waals surface area contributed by atoms with Crippen molar-refractivity contribution in [3.8, 4) is 11.8 Å². The van der Waals surface area contributed by atoms with Crippen LogP contribution in [0.2, 0.25) is 0 Å². The van der Waals surface area contributed by atoms with Crippen molar-refractivity contribution in [3.63, 3.8) is 0 Å². The predicted octanol–water partition coefficient (Wildman–Crippen LogP) is 5.11. The van der Waals surface area contributed by atoms with Crippen molar-refractivity contribution >= 4 is 33.3 Å². The van der Waals surface area contributed by atoms with Gasteiger partial charge in [-0.1, -0.05) is 48.4 Å². The molecule has 2 aromatic carbocycles. The molecule has 1 amide bonds. The Morgan fingerprint density at radius 2 is 2.08 bits per heavy atom. The number of benzene rings is 2. The summed E-state index contributed by atoms with van der Waals surface area (Å²) in [4.78, 5) is 25.2. The molecule has 0 unspecified atom stereocenters. The second-order valence-electron chi connectivity index (χ2n) is 8.51. The van der Waals surface area contributed by atoms with Gasteiger partial charge in [-0.3, -0.25) is 4.79 Å². The molecule has 2 aromatic heterocycles. The lowest BCUT2D eigenvalue weighted by atomic mass is 10.0. The SMILES string of the molecule is CC#CC(=O)N1CCc2c(sc3ncnc(N[C@H](COCc4cccc(F)c4)c4ccccc4)c23)C1. The van der Waals surface area contributed by atoms with Crippen LogP contribution in [-0.4, -0.2) is 33.9 Å². The minimum absolute atomic E-state index is 0.148. The molecule has 0 bridgehead atoms. The van der Waals surface area contributed by atoms with Crippen molar-refractivity contribution in [1.82, 2.24) is 14.9 Å². The van der Waals surface area contributed by atoms with Crippen LogP contribution in [0.5, 0.6) is 0 Å². The number of hydrogen-bond acceptors (Lipinski definition) is 6. The van der Waals surface area contributed by atoms with Gasteiger partial charge in [0.25, 0.3) is 5.91 Å². The van der Waals surface area contributed by atoms with Gasteiger partial charge in [0.1, 0.15) is 22.8 Å². The topological polar surface area (TPSA) is 67.4 Å². The third kappa shape index (κ3) is 5.23. The zero-order valence-corrected chi connectivity index (χ0v) is 20.6. The summed E-state index contributed by atoms with van der Waals surface area (Å²) < 4.78 is 19.6. The van der Waals surface area contributed by atoms with Crippen LogP contribution in [0.1, 0.15) is 34.5 Å². The van der Waals surface area contributed by atoms with E-state index in [0.717, 1.165) is 38.5 Å². The number of nitrogens with one attached hydrogen (secondary N) is 1. The maximum absolute atomic E-state index is 13.6. The number of anilines is 1. The molecule has 0 spiro atoms. The van der Waals surface area contributed by atoms with Crippen LogP contribution < -0.4 is 5.32 Å². The van der Waals surface area contributed by atoms with E-state index in [1.54, 1.807) is 35.6 Å². The lowest BCUT2D eigenvalue weighted by molar-refractivity contribution is -0.125. The standard InChI is InChI=1S/C28H25FN4O2S/c1-2-7-25(34)33-13-12-22-24(15-33)36-28-26(22)27(30-18-31-28)32-23(20-9-4-3-5-10-20)17-35-16-19-8-6-11-21(29)14-19/h3-6,8-11,14,18,23H,12-13,15-17H2,1H3,(H,30,31,32)/t23-/m1/s1. The number of ether oxygens (including phenoxy) is 1. The number of amides is 1. The smallest absolute Gasteiger partial charge is 0.298 e. The number of nitrogens with zero attached hydrogens (tertiary/aromatic N) is 3. The molecule has 4 aromatic rings. The van der Waals surface area contributed by atoms with Gasteiger partial charge in [-0.15, -0.1) is 11.3 Å². The summed E-state index contributed by atoms with van der Waals surface area (Å²) in [5.41, 5.74) is 3.02. The molecule has 0 aliphatic carbocycles. The molecule has 1 N–H and O–H groups in total. The first-order valence-electron chi connectivity index (χ1n) is 11.7. The first kappa shape index (κ1) is 23.9. The van der Waals surface area contributed by atoms with Gasteiger partial charge in [-0.25, -0.2) is 14.4 Å². The fraction of sp³-hybridized carbons (Fsp3) is 0.250. The summed E-state index contributed by atoms with van der Waals surface area (Å²) in [7, 11) is 0. The molecule has 3 heterocycles. The molecule has 182 valence electrons. The molecule has 1 atom stereocenters. The van der Waals surface area contributed by atoms with E-state index in [0.29, 0.717) is 26.3 Å². The van der Waals surface area contributed by atoms with Crippen molar-refractivity contribution in [2.24, 2.45) is 0 Å². The molecule has 0 radical (unpaired) electrons. The van der Waals surface area contributed by atoms with E-state index in [1.165, 1.54) is 17.7 Å². The highest BCUT2D eigenvalue weighted by molar-refractivity contribution is 7.19. The Balaban J connectivity index is 1.40. The second-order valence-corrected chi connectivity index (χ2v) is 9.59. The molecule has 1 aliphatic heterocycles. The van der Waals surface area contributed by atoms with Crippen molar-refractivity contribution < 1.29 is 13.9 Å². The van der Waals surface area contributed by atoms with Gasteiger partial charge in [0, 0.05) is 11.4 Å². The molecule has 6 nitrogen and oxygen atoms in total. The molecule has 0 fully saturated rings. The van der Waals surface area contributed by atoms with Crippen LogP contribution in [-0.2, 0) is 29.1 Å². The van der Waals surface area contributed by atoms with Crippen LogP contribution in [0.4, 0.5) is 10.2 Å². The maximum atomic E-state index is 13.6. The van der Waals surface area contributed by atoms with Gasteiger partial charge in [0.15, 0.2) is 0 Å². The van der Waals surface area contributed by atoms with E-state index in [2.05, 4.69) is 27.1 Å². The summed E-state index contributed by atoms with van der Waals surface area (Å²) in [6, 6.07) is 16.3. The van der Waals surface area contributed by atoms with Gasteiger partial charge in [-0.05, 0) is 48.1 Å². The molecular weight excluding hydrogens is 475 g/mol. The highest BCUT2D eigenvalue weighted by atomic mass is 32.1. The van der Waals surface area contributed by atoms with E-state index in [4.69, 9.17) is 4.74 Å². The highest BCUT2D eigenvalue weighted by Gasteiger charge is 2.26. The fourth-order valence-electron chi connectivity index (χ4n) is 4.39. The number of carbonyl (C=O) groups excluding carboxylic acids is 1. The molecule has 36 heavy (non-hydrogen) atoms.